The molecule has 17 heavy (non-hydrogen) atoms. The lowest BCUT2D eigenvalue weighted by Gasteiger charge is -2.19. The van der Waals surface area contributed by atoms with E-state index in [1.807, 2.05) is 18.2 Å². The second-order valence-electron chi connectivity index (χ2n) is 4.19. The Bertz CT molecular complexity index is 445. The zero-order valence-electron chi connectivity index (χ0n) is 9.49. The summed E-state index contributed by atoms with van der Waals surface area (Å²) in [6.07, 6.45) is 1.86. The molecular weight excluding hydrogens is 282 g/mol. The fourth-order valence-corrected chi connectivity index (χ4v) is 2.37. The summed E-state index contributed by atoms with van der Waals surface area (Å²) in [5.74, 6) is 0.274. The highest BCUT2D eigenvalue weighted by atomic mass is 79.9. The molecule has 1 saturated heterocycles. The molecule has 1 fully saturated rings. The van der Waals surface area contributed by atoms with E-state index in [0.717, 1.165) is 10.9 Å². The van der Waals surface area contributed by atoms with E-state index >= 15 is 0 Å². The third-order valence-electron chi connectivity index (χ3n) is 2.90. The van der Waals surface area contributed by atoms with Crippen LogP contribution in [0.25, 0.3) is 0 Å². The number of rotatable bonds is 1. The van der Waals surface area contributed by atoms with Crippen molar-refractivity contribution in [2.75, 3.05) is 13.1 Å². The summed E-state index contributed by atoms with van der Waals surface area (Å²) in [5.41, 5.74) is 0.675. The highest BCUT2D eigenvalue weighted by Crippen LogP contribution is 2.15. The number of hydrogen-bond acceptors (Lipinski definition) is 2. The monoisotopic (exact) mass is 295 g/mol. The van der Waals surface area contributed by atoms with Gasteiger partial charge in [-0.2, -0.15) is 0 Å². The summed E-state index contributed by atoms with van der Waals surface area (Å²) in [6.45, 7) is 1.22. The van der Waals surface area contributed by atoms with Crippen LogP contribution in [0.5, 0.6) is 0 Å². The first-order valence-corrected chi connectivity index (χ1v) is 6.52. The lowest BCUT2D eigenvalue weighted by Crippen LogP contribution is -2.32. The zero-order valence-corrected chi connectivity index (χ0v) is 11.1. The molecule has 1 aromatic rings. The molecule has 0 radical (unpaired) electrons. The SMILES string of the molecule is O=C1CCCN(C(=O)c2cccc(Br)c2)CC1. The van der Waals surface area contributed by atoms with Crippen molar-refractivity contribution in [2.45, 2.75) is 19.3 Å². The highest BCUT2D eigenvalue weighted by molar-refractivity contribution is 9.10. The maximum absolute atomic E-state index is 12.2. The van der Waals surface area contributed by atoms with Crippen LogP contribution in [0.3, 0.4) is 0 Å². The van der Waals surface area contributed by atoms with Crippen LogP contribution in [0.15, 0.2) is 28.7 Å². The quantitative estimate of drug-likeness (QED) is 0.799. The Morgan fingerprint density at radius 1 is 1.24 bits per heavy atom. The summed E-state index contributed by atoms with van der Waals surface area (Å²) < 4.78 is 0.897. The van der Waals surface area contributed by atoms with Gasteiger partial charge in [0.05, 0.1) is 0 Å². The predicted molar refractivity (Wildman–Crippen MR) is 68.9 cm³/mol. The van der Waals surface area contributed by atoms with Crippen molar-refractivity contribution in [3.8, 4) is 0 Å². The van der Waals surface area contributed by atoms with E-state index in [1.165, 1.54) is 0 Å². The molecule has 1 aromatic carbocycles. The summed E-state index contributed by atoms with van der Waals surface area (Å²) in [5, 5.41) is 0. The number of benzene rings is 1. The molecule has 0 saturated carbocycles. The van der Waals surface area contributed by atoms with Gasteiger partial charge in [0, 0.05) is 36.0 Å². The summed E-state index contributed by atoms with van der Waals surface area (Å²) in [4.78, 5) is 25.3. The molecule has 0 atom stereocenters. The maximum Gasteiger partial charge on any atom is 0.253 e. The van der Waals surface area contributed by atoms with Gasteiger partial charge in [0.2, 0.25) is 0 Å². The van der Waals surface area contributed by atoms with Crippen molar-refractivity contribution in [3.05, 3.63) is 34.3 Å². The third kappa shape index (κ3) is 3.16. The van der Waals surface area contributed by atoms with Gasteiger partial charge < -0.3 is 4.90 Å². The number of Topliss-reactive ketones (excluding diaryl/α,β-unsaturated/α-hetero) is 1. The van der Waals surface area contributed by atoms with Crippen molar-refractivity contribution in [3.63, 3.8) is 0 Å². The van der Waals surface area contributed by atoms with Crippen LogP contribution in [0.2, 0.25) is 0 Å². The number of hydrogen-bond donors (Lipinski definition) is 0. The van der Waals surface area contributed by atoms with Gasteiger partial charge in [0.15, 0.2) is 0 Å². The summed E-state index contributed by atoms with van der Waals surface area (Å²) in [7, 11) is 0. The molecule has 0 unspecified atom stereocenters. The minimum Gasteiger partial charge on any atom is -0.338 e. The first-order chi connectivity index (χ1) is 8.16. The second kappa shape index (κ2) is 5.45. The van der Waals surface area contributed by atoms with Crippen LogP contribution in [0.1, 0.15) is 29.6 Å². The molecule has 1 amide bonds. The van der Waals surface area contributed by atoms with Gasteiger partial charge in [-0.25, -0.2) is 0 Å². The van der Waals surface area contributed by atoms with Crippen molar-refractivity contribution in [2.24, 2.45) is 0 Å². The van der Waals surface area contributed by atoms with E-state index in [9.17, 15) is 9.59 Å². The minimum atomic E-state index is 0.0148. The van der Waals surface area contributed by atoms with E-state index in [1.54, 1.807) is 11.0 Å². The van der Waals surface area contributed by atoms with E-state index in [0.29, 0.717) is 31.5 Å². The second-order valence-corrected chi connectivity index (χ2v) is 5.11. The third-order valence-corrected chi connectivity index (χ3v) is 3.40. The van der Waals surface area contributed by atoms with Crippen molar-refractivity contribution >= 4 is 27.6 Å². The Labute approximate surface area is 109 Å². The van der Waals surface area contributed by atoms with Crippen LogP contribution in [0, 0.1) is 0 Å². The van der Waals surface area contributed by atoms with Gasteiger partial charge in [-0.3, -0.25) is 9.59 Å². The number of carbonyl (C=O) groups is 2. The summed E-state index contributed by atoms with van der Waals surface area (Å²) >= 11 is 3.35. The number of amides is 1. The fraction of sp³-hybridized carbons (Fsp3) is 0.385. The van der Waals surface area contributed by atoms with E-state index < -0.39 is 0 Å². The van der Waals surface area contributed by atoms with Crippen LogP contribution in [-0.4, -0.2) is 29.7 Å². The normalized spacial score (nSPS) is 16.8. The maximum atomic E-state index is 12.2. The lowest BCUT2D eigenvalue weighted by atomic mass is 10.2. The number of likely N-dealkylation sites (tertiary alicyclic amines) is 1. The molecule has 0 N–H and O–H groups in total. The molecule has 2 rings (SSSR count). The topological polar surface area (TPSA) is 37.4 Å². The Morgan fingerprint density at radius 2 is 2.06 bits per heavy atom. The Morgan fingerprint density at radius 3 is 2.82 bits per heavy atom. The molecule has 1 heterocycles. The molecule has 0 aliphatic carbocycles. The highest BCUT2D eigenvalue weighted by Gasteiger charge is 2.19. The van der Waals surface area contributed by atoms with Gasteiger partial charge in [0.25, 0.3) is 5.91 Å². The fourth-order valence-electron chi connectivity index (χ4n) is 1.97. The largest absolute Gasteiger partial charge is 0.338 e. The number of carbonyl (C=O) groups excluding carboxylic acids is 2. The predicted octanol–water partition coefficient (Wildman–Crippen LogP) is 2.64. The van der Waals surface area contributed by atoms with E-state index in [2.05, 4.69) is 15.9 Å². The van der Waals surface area contributed by atoms with Gasteiger partial charge in [0.1, 0.15) is 5.78 Å². The minimum absolute atomic E-state index is 0.0148. The van der Waals surface area contributed by atoms with Crippen LogP contribution in [0.4, 0.5) is 0 Å². The molecule has 1 aliphatic rings. The molecule has 90 valence electrons. The Balaban J connectivity index is 2.11. The van der Waals surface area contributed by atoms with Gasteiger partial charge in [-0.15, -0.1) is 0 Å². The molecule has 1 aliphatic heterocycles. The van der Waals surface area contributed by atoms with Gasteiger partial charge in [-0.1, -0.05) is 22.0 Å². The molecule has 0 bridgehead atoms. The average molecular weight is 296 g/mol. The number of halogens is 1. The smallest absolute Gasteiger partial charge is 0.253 e. The van der Waals surface area contributed by atoms with Crippen molar-refractivity contribution in [1.82, 2.24) is 4.90 Å². The van der Waals surface area contributed by atoms with E-state index in [-0.39, 0.29) is 11.7 Å². The van der Waals surface area contributed by atoms with E-state index in [4.69, 9.17) is 0 Å². The van der Waals surface area contributed by atoms with Gasteiger partial charge in [-0.05, 0) is 24.6 Å². The standard InChI is InChI=1S/C13H14BrNO2/c14-11-4-1-3-10(9-11)13(17)15-7-2-5-12(16)6-8-15/h1,3-4,9H,2,5-8H2. The molecule has 4 heteroatoms. The molecule has 0 aromatic heterocycles. The van der Waals surface area contributed by atoms with Crippen molar-refractivity contribution in [1.29, 1.82) is 0 Å². The van der Waals surface area contributed by atoms with Crippen LogP contribution < -0.4 is 0 Å². The van der Waals surface area contributed by atoms with Crippen molar-refractivity contribution < 1.29 is 9.59 Å². The molecule has 0 spiro atoms. The molecular formula is C13H14BrNO2. The lowest BCUT2D eigenvalue weighted by molar-refractivity contribution is -0.118. The average Bonchev–Trinajstić information content (AvgIpc) is 2.53. The number of nitrogens with zero attached hydrogens (tertiary/aromatic N) is 1. The van der Waals surface area contributed by atoms with Crippen LogP contribution >= 0.6 is 15.9 Å². The first kappa shape index (κ1) is 12.3. The summed E-state index contributed by atoms with van der Waals surface area (Å²) in [6, 6.07) is 7.36. The van der Waals surface area contributed by atoms with Crippen LogP contribution in [-0.2, 0) is 4.79 Å². The molecule has 3 nitrogen and oxygen atoms in total. The first-order valence-electron chi connectivity index (χ1n) is 5.73. The Kier molecular flexibility index (Phi) is 3.94. The zero-order chi connectivity index (χ0) is 12.3. The van der Waals surface area contributed by atoms with Gasteiger partial charge >= 0.3 is 0 Å². The number of ketones is 1. The Hall–Kier alpha value is -1.16.